The monoisotopic (exact) mass is 446 g/mol. The molecule has 1 fully saturated rings. The van der Waals surface area contributed by atoms with Crippen molar-refractivity contribution >= 4 is 27.6 Å². The molecule has 2 aromatic rings. The summed E-state index contributed by atoms with van der Waals surface area (Å²) in [6.45, 7) is -0.245. The van der Waals surface area contributed by atoms with Crippen molar-refractivity contribution in [3.05, 3.63) is 54.1 Å². The predicted molar refractivity (Wildman–Crippen MR) is 116 cm³/mol. The van der Waals surface area contributed by atoms with E-state index >= 15 is 0 Å². The molecule has 166 valence electrons. The highest BCUT2D eigenvalue weighted by molar-refractivity contribution is 7.89. The van der Waals surface area contributed by atoms with Gasteiger partial charge in [0.15, 0.2) is 6.61 Å². The van der Waals surface area contributed by atoms with Crippen molar-refractivity contribution in [1.29, 1.82) is 0 Å². The molecule has 0 spiro atoms. The van der Waals surface area contributed by atoms with Gasteiger partial charge in [-0.1, -0.05) is 19.3 Å². The van der Waals surface area contributed by atoms with Gasteiger partial charge in [-0.15, -0.1) is 0 Å². The first kappa shape index (κ1) is 22.8. The summed E-state index contributed by atoms with van der Waals surface area (Å²) in [7, 11) is -2.28. The molecule has 0 bridgehead atoms. The summed E-state index contributed by atoms with van der Waals surface area (Å²) in [5.41, 5.74) is 0.890. The standard InChI is InChI=1S/C22H26N2O6S/c1-29-22(26)16-7-9-17(10-8-16)23-21(25)15-30-19-11-13-20(14-12-19)31(27,28)24-18-5-3-2-4-6-18/h7-14,18,24H,2-6,15H2,1H3,(H,23,25). The zero-order chi connectivity index (χ0) is 22.3. The van der Waals surface area contributed by atoms with Gasteiger partial charge in [-0.25, -0.2) is 17.9 Å². The summed E-state index contributed by atoms with van der Waals surface area (Å²) in [5, 5.41) is 2.66. The Morgan fingerprint density at radius 2 is 1.61 bits per heavy atom. The maximum Gasteiger partial charge on any atom is 0.337 e. The minimum Gasteiger partial charge on any atom is -0.484 e. The molecule has 0 aromatic heterocycles. The lowest BCUT2D eigenvalue weighted by Crippen LogP contribution is -2.36. The van der Waals surface area contributed by atoms with Crippen LogP contribution in [0.1, 0.15) is 42.5 Å². The number of hydrogen-bond acceptors (Lipinski definition) is 6. The third kappa shape index (κ3) is 6.53. The van der Waals surface area contributed by atoms with Gasteiger partial charge in [0.25, 0.3) is 5.91 Å². The number of sulfonamides is 1. The first-order valence-electron chi connectivity index (χ1n) is 10.1. The molecule has 31 heavy (non-hydrogen) atoms. The van der Waals surface area contributed by atoms with Crippen LogP contribution in [0.3, 0.4) is 0 Å². The molecule has 0 unspecified atom stereocenters. The van der Waals surface area contributed by atoms with E-state index in [-0.39, 0.29) is 23.5 Å². The lowest BCUT2D eigenvalue weighted by Gasteiger charge is -2.22. The molecule has 8 nitrogen and oxygen atoms in total. The topological polar surface area (TPSA) is 111 Å². The largest absolute Gasteiger partial charge is 0.484 e. The highest BCUT2D eigenvalue weighted by Gasteiger charge is 2.21. The molecule has 1 amide bonds. The number of esters is 1. The van der Waals surface area contributed by atoms with Crippen molar-refractivity contribution in [3.63, 3.8) is 0 Å². The molecule has 0 aliphatic heterocycles. The minimum absolute atomic E-state index is 0.0138. The number of ether oxygens (including phenoxy) is 2. The van der Waals surface area contributed by atoms with E-state index in [0.717, 1.165) is 32.1 Å². The average molecular weight is 447 g/mol. The Morgan fingerprint density at radius 1 is 0.968 bits per heavy atom. The molecule has 0 atom stereocenters. The van der Waals surface area contributed by atoms with E-state index in [1.807, 2.05) is 0 Å². The van der Waals surface area contributed by atoms with Gasteiger partial charge in [0.05, 0.1) is 17.6 Å². The number of methoxy groups -OCH3 is 1. The summed E-state index contributed by atoms with van der Waals surface area (Å²) in [6.07, 6.45) is 4.95. The average Bonchev–Trinajstić information content (AvgIpc) is 2.78. The maximum atomic E-state index is 12.5. The smallest absolute Gasteiger partial charge is 0.337 e. The van der Waals surface area contributed by atoms with E-state index < -0.39 is 16.0 Å². The molecule has 0 radical (unpaired) electrons. The van der Waals surface area contributed by atoms with Crippen LogP contribution in [0.15, 0.2) is 53.4 Å². The van der Waals surface area contributed by atoms with Gasteiger partial charge >= 0.3 is 5.97 Å². The van der Waals surface area contributed by atoms with E-state index in [0.29, 0.717) is 17.0 Å². The van der Waals surface area contributed by atoms with E-state index in [2.05, 4.69) is 14.8 Å². The third-order valence-corrected chi connectivity index (χ3v) is 6.56. The number of amides is 1. The normalized spacial score (nSPS) is 14.6. The summed E-state index contributed by atoms with van der Waals surface area (Å²) >= 11 is 0. The van der Waals surface area contributed by atoms with Crippen LogP contribution in [0.2, 0.25) is 0 Å². The number of rotatable bonds is 8. The molecule has 9 heteroatoms. The number of carbonyl (C=O) groups excluding carboxylic acids is 2. The molecule has 0 saturated heterocycles. The van der Waals surface area contributed by atoms with Crippen LogP contribution in [0.4, 0.5) is 5.69 Å². The number of carbonyl (C=O) groups is 2. The van der Waals surface area contributed by atoms with Crippen LogP contribution in [0, 0.1) is 0 Å². The van der Waals surface area contributed by atoms with Crippen molar-refractivity contribution in [2.24, 2.45) is 0 Å². The summed E-state index contributed by atoms with van der Waals surface area (Å²) in [5.74, 6) is -0.463. The second kappa shape index (κ2) is 10.4. The molecule has 2 aromatic carbocycles. The van der Waals surface area contributed by atoms with E-state index in [9.17, 15) is 18.0 Å². The molecule has 1 aliphatic rings. The van der Waals surface area contributed by atoms with Crippen LogP contribution in [-0.2, 0) is 19.6 Å². The fourth-order valence-electron chi connectivity index (χ4n) is 3.38. The van der Waals surface area contributed by atoms with Gasteiger partial charge in [-0.05, 0) is 61.4 Å². The number of hydrogen-bond donors (Lipinski definition) is 2. The molecule has 0 heterocycles. The Kier molecular flexibility index (Phi) is 7.64. The zero-order valence-corrected chi connectivity index (χ0v) is 18.1. The number of nitrogens with one attached hydrogen (secondary N) is 2. The van der Waals surface area contributed by atoms with Crippen LogP contribution in [0.25, 0.3) is 0 Å². The highest BCUT2D eigenvalue weighted by Crippen LogP contribution is 2.21. The second-order valence-electron chi connectivity index (χ2n) is 7.33. The predicted octanol–water partition coefficient (Wildman–Crippen LogP) is 3.10. The van der Waals surface area contributed by atoms with Crippen LogP contribution >= 0.6 is 0 Å². The molecular formula is C22H26N2O6S. The van der Waals surface area contributed by atoms with Gasteiger partial charge in [-0.3, -0.25) is 4.79 Å². The van der Waals surface area contributed by atoms with Crippen molar-refractivity contribution in [2.75, 3.05) is 19.0 Å². The lowest BCUT2D eigenvalue weighted by atomic mass is 9.96. The Hall–Kier alpha value is -2.91. The summed E-state index contributed by atoms with van der Waals surface area (Å²) < 4.78 is 37.9. The minimum atomic E-state index is -3.58. The Balaban J connectivity index is 1.50. The molecule has 1 saturated carbocycles. The van der Waals surface area contributed by atoms with Crippen LogP contribution in [-0.4, -0.2) is 40.1 Å². The molecule has 2 N–H and O–H groups in total. The van der Waals surface area contributed by atoms with Gasteiger partial charge in [0.1, 0.15) is 5.75 Å². The number of anilines is 1. The number of benzene rings is 2. The van der Waals surface area contributed by atoms with E-state index in [1.165, 1.54) is 31.4 Å². The van der Waals surface area contributed by atoms with Gasteiger partial charge in [0.2, 0.25) is 10.0 Å². The van der Waals surface area contributed by atoms with E-state index in [1.54, 1.807) is 24.3 Å². The van der Waals surface area contributed by atoms with Gasteiger partial charge in [-0.2, -0.15) is 0 Å². The zero-order valence-electron chi connectivity index (χ0n) is 17.3. The Bertz CT molecular complexity index is 997. The highest BCUT2D eigenvalue weighted by atomic mass is 32.2. The molecule has 1 aliphatic carbocycles. The Morgan fingerprint density at radius 3 is 2.23 bits per heavy atom. The van der Waals surface area contributed by atoms with Crippen molar-refractivity contribution < 1.29 is 27.5 Å². The molecule has 3 rings (SSSR count). The first-order valence-corrected chi connectivity index (χ1v) is 11.6. The lowest BCUT2D eigenvalue weighted by molar-refractivity contribution is -0.118. The first-order chi connectivity index (χ1) is 14.9. The fourth-order valence-corrected chi connectivity index (χ4v) is 4.68. The van der Waals surface area contributed by atoms with Gasteiger partial charge < -0.3 is 14.8 Å². The van der Waals surface area contributed by atoms with Crippen LogP contribution < -0.4 is 14.8 Å². The van der Waals surface area contributed by atoms with E-state index in [4.69, 9.17) is 4.74 Å². The van der Waals surface area contributed by atoms with Crippen LogP contribution in [0.5, 0.6) is 5.75 Å². The maximum absolute atomic E-state index is 12.5. The second-order valence-corrected chi connectivity index (χ2v) is 9.05. The van der Waals surface area contributed by atoms with Crippen molar-refractivity contribution in [2.45, 2.75) is 43.0 Å². The summed E-state index contributed by atoms with van der Waals surface area (Å²) in [4.78, 5) is 23.7. The SMILES string of the molecule is COC(=O)c1ccc(NC(=O)COc2ccc(S(=O)(=O)NC3CCCCC3)cc2)cc1. The summed E-state index contributed by atoms with van der Waals surface area (Å²) in [6, 6.07) is 12.2. The fraction of sp³-hybridized carbons (Fsp3) is 0.364. The third-order valence-electron chi connectivity index (χ3n) is 5.02. The Labute approximate surface area is 182 Å². The molecular weight excluding hydrogens is 420 g/mol. The van der Waals surface area contributed by atoms with Gasteiger partial charge in [0, 0.05) is 11.7 Å². The van der Waals surface area contributed by atoms with Crippen molar-refractivity contribution in [1.82, 2.24) is 4.72 Å². The quantitative estimate of drug-likeness (QED) is 0.603. The van der Waals surface area contributed by atoms with Crippen molar-refractivity contribution in [3.8, 4) is 5.75 Å².